The number of anilines is 1. The topological polar surface area (TPSA) is 110 Å². The van der Waals surface area contributed by atoms with Crippen molar-refractivity contribution in [1.82, 2.24) is 4.90 Å². The maximum Gasteiger partial charge on any atom is 0.269 e. The normalized spacial score (nSPS) is 11.1. The van der Waals surface area contributed by atoms with Gasteiger partial charge in [-0.3, -0.25) is 19.6 Å². The maximum atomic E-state index is 13.0. The zero-order valence-corrected chi connectivity index (χ0v) is 18.2. The highest BCUT2D eigenvalue weighted by Crippen LogP contribution is 2.24. The van der Waals surface area contributed by atoms with Crippen LogP contribution >= 0.6 is 11.6 Å². The lowest BCUT2D eigenvalue weighted by atomic mass is 10.1. The van der Waals surface area contributed by atoms with Gasteiger partial charge in [-0.25, -0.2) is 12.8 Å². The lowest BCUT2D eigenvalue weighted by Crippen LogP contribution is -2.26. The molecule has 3 aromatic rings. The summed E-state index contributed by atoms with van der Waals surface area (Å²) in [6, 6.07) is 14.1. The van der Waals surface area contributed by atoms with Crippen LogP contribution in [0.4, 0.5) is 15.8 Å². The van der Waals surface area contributed by atoms with E-state index in [9.17, 15) is 27.7 Å². The summed E-state index contributed by atoms with van der Waals surface area (Å²) in [5.41, 5.74) is 0.472. The van der Waals surface area contributed by atoms with E-state index in [4.69, 9.17) is 11.6 Å². The lowest BCUT2D eigenvalue weighted by Gasteiger charge is -2.18. The second-order valence-electron chi connectivity index (χ2n) is 6.83. The fourth-order valence-electron chi connectivity index (χ4n) is 2.87. The van der Waals surface area contributed by atoms with Crippen molar-refractivity contribution in [3.8, 4) is 0 Å². The summed E-state index contributed by atoms with van der Waals surface area (Å²) in [6.07, 6.45) is 0. The van der Waals surface area contributed by atoms with Crippen LogP contribution in [-0.2, 0) is 16.6 Å². The molecule has 0 aliphatic heterocycles. The van der Waals surface area contributed by atoms with Crippen LogP contribution in [0, 0.1) is 15.9 Å². The summed E-state index contributed by atoms with van der Waals surface area (Å²) < 4.78 is 40.7. The van der Waals surface area contributed by atoms with E-state index in [0.717, 1.165) is 12.1 Å². The molecule has 3 rings (SSSR count). The molecule has 1 N–H and O–H groups in total. The summed E-state index contributed by atoms with van der Waals surface area (Å²) in [6.45, 7) is -0.0237. The predicted molar refractivity (Wildman–Crippen MR) is 118 cm³/mol. The highest BCUT2D eigenvalue weighted by atomic mass is 35.5. The first-order chi connectivity index (χ1) is 15.1. The molecule has 0 radical (unpaired) electrons. The monoisotopic (exact) mass is 477 g/mol. The molecule has 0 aromatic heterocycles. The third kappa shape index (κ3) is 5.40. The van der Waals surface area contributed by atoms with Gasteiger partial charge in [-0.1, -0.05) is 17.7 Å². The van der Waals surface area contributed by atoms with Crippen LogP contribution in [0.15, 0.2) is 71.6 Å². The second-order valence-corrected chi connectivity index (χ2v) is 8.92. The first-order valence-corrected chi connectivity index (χ1v) is 11.0. The summed E-state index contributed by atoms with van der Waals surface area (Å²) in [5, 5.41) is 11.2. The molecule has 0 heterocycles. The van der Waals surface area contributed by atoms with Crippen LogP contribution in [0.3, 0.4) is 0 Å². The molecule has 166 valence electrons. The Hall–Kier alpha value is -3.50. The number of non-ortho nitro benzene ring substituents is 1. The second kappa shape index (κ2) is 9.33. The number of nitro benzene ring substituents is 1. The maximum absolute atomic E-state index is 13.0. The van der Waals surface area contributed by atoms with Crippen LogP contribution in [0.25, 0.3) is 0 Å². The van der Waals surface area contributed by atoms with E-state index >= 15 is 0 Å². The number of carbonyl (C=O) groups is 1. The molecule has 8 nitrogen and oxygen atoms in total. The summed E-state index contributed by atoms with van der Waals surface area (Å²) in [5.74, 6) is -1.01. The number of rotatable bonds is 7. The van der Waals surface area contributed by atoms with E-state index in [1.807, 2.05) is 0 Å². The van der Waals surface area contributed by atoms with Gasteiger partial charge >= 0.3 is 0 Å². The van der Waals surface area contributed by atoms with Crippen molar-refractivity contribution in [3.05, 3.63) is 98.8 Å². The van der Waals surface area contributed by atoms with Crippen molar-refractivity contribution in [1.29, 1.82) is 0 Å². The van der Waals surface area contributed by atoms with Crippen molar-refractivity contribution < 1.29 is 22.5 Å². The summed E-state index contributed by atoms with van der Waals surface area (Å²) in [7, 11) is -2.56. The Balaban J connectivity index is 1.81. The molecule has 0 aliphatic rings. The standard InChI is InChI=1S/C21H17ClFN3O5S/c1-25(13-15-11-18(26(28)29)9-10-20(15)22)21(27)14-3-2-4-19(12-14)32(30,31)24-17-7-5-16(23)6-8-17/h2-12,24H,13H2,1H3. The fourth-order valence-corrected chi connectivity index (χ4v) is 4.15. The Morgan fingerprint density at radius 1 is 1.12 bits per heavy atom. The summed E-state index contributed by atoms with van der Waals surface area (Å²) in [4.78, 5) is 24.4. The number of sulfonamides is 1. The Morgan fingerprint density at radius 3 is 2.47 bits per heavy atom. The van der Waals surface area contributed by atoms with Crippen molar-refractivity contribution in [2.24, 2.45) is 0 Å². The molecule has 0 unspecified atom stereocenters. The first-order valence-electron chi connectivity index (χ1n) is 9.13. The minimum Gasteiger partial charge on any atom is -0.337 e. The molecule has 3 aromatic carbocycles. The van der Waals surface area contributed by atoms with Crippen molar-refractivity contribution in [3.63, 3.8) is 0 Å². The number of nitrogens with one attached hydrogen (secondary N) is 1. The minimum atomic E-state index is -4.03. The zero-order chi connectivity index (χ0) is 23.5. The molecule has 0 spiro atoms. The van der Waals surface area contributed by atoms with Crippen LogP contribution in [0.5, 0.6) is 0 Å². The fraction of sp³-hybridized carbons (Fsp3) is 0.0952. The number of halogens is 2. The smallest absolute Gasteiger partial charge is 0.269 e. The number of nitrogens with zero attached hydrogens (tertiary/aromatic N) is 2. The average molecular weight is 478 g/mol. The molecule has 0 bridgehead atoms. The highest BCUT2D eigenvalue weighted by molar-refractivity contribution is 7.92. The van der Waals surface area contributed by atoms with Crippen LogP contribution in [0.1, 0.15) is 15.9 Å². The van der Waals surface area contributed by atoms with Gasteiger partial charge in [0.25, 0.3) is 21.6 Å². The molecule has 1 amide bonds. The van der Waals surface area contributed by atoms with E-state index in [1.165, 1.54) is 66.5 Å². The van der Waals surface area contributed by atoms with Crippen molar-refractivity contribution in [2.45, 2.75) is 11.4 Å². The number of benzene rings is 3. The van der Waals surface area contributed by atoms with E-state index in [0.29, 0.717) is 5.56 Å². The zero-order valence-electron chi connectivity index (χ0n) is 16.7. The molecule has 0 atom stereocenters. The van der Waals surface area contributed by atoms with Gasteiger partial charge < -0.3 is 4.90 Å². The third-order valence-electron chi connectivity index (χ3n) is 4.48. The molecule has 11 heteroatoms. The molecular formula is C21H17ClFN3O5S. The van der Waals surface area contributed by atoms with Gasteiger partial charge in [0.2, 0.25) is 0 Å². The van der Waals surface area contributed by atoms with Gasteiger partial charge in [0, 0.05) is 42.0 Å². The van der Waals surface area contributed by atoms with Gasteiger partial charge in [-0.15, -0.1) is 0 Å². The highest BCUT2D eigenvalue weighted by Gasteiger charge is 2.20. The Labute approximate surface area is 188 Å². The molecule has 32 heavy (non-hydrogen) atoms. The Kier molecular flexibility index (Phi) is 6.75. The average Bonchev–Trinajstić information content (AvgIpc) is 2.76. The molecule has 0 saturated heterocycles. The largest absolute Gasteiger partial charge is 0.337 e. The van der Waals surface area contributed by atoms with Crippen LogP contribution in [-0.4, -0.2) is 31.2 Å². The van der Waals surface area contributed by atoms with Crippen LogP contribution < -0.4 is 4.72 Å². The van der Waals surface area contributed by atoms with E-state index in [1.54, 1.807) is 0 Å². The van der Waals surface area contributed by atoms with E-state index in [-0.39, 0.29) is 33.4 Å². The first kappa shape index (κ1) is 23.2. The van der Waals surface area contributed by atoms with Crippen molar-refractivity contribution in [2.75, 3.05) is 11.8 Å². The SMILES string of the molecule is CN(Cc1cc([N+](=O)[O-])ccc1Cl)C(=O)c1cccc(S(=O)(=O)Nc2ccc(F)cc2)c1. The van der Waals surface area contributed by atoms with E-state index in [2.05, 4.69) is 4.72 Å². The quantitative estimate of drug-likeness (QED) is 0.399. The number of nitro groups is 1. The Morgan fingerprint density at radius 2 is 1.81 bits per heavy atom. The van der Waals surface area contributed by atoms with Crippen molar-refractivity contribution >= 4 is 38.9 Å². The molecule has 0 fully saturated rings. The van der Waals surface area contributed by atoms with Gasteiger partial charge in [0.1, 0.15) is 5.82 Å². The number of hydrogen-bond acceptors (Lipinski definition) is 5. The lowest BCUT2D eigenvalue weighted by molar-refractivity contribution is -0.384. The number of carbonyl (C=O) groups excluding carboxylic acids is 1. The molecular weight excluding hydrogens is 461 g/mol. The van der Waals surface area contributed by atoms with Gasteiger partial charge in [-0.2, -0.15) is 0 Å². The molecule has 0 saturated carbocycles. The third-order valence-corrected chi connectivity index (χ3v) is 6.23. The van der Waals surface area contributed by atoms with Gasteiger partial charge in [0.15, 0.2) is 0 Å². The summed E-state index contributed by atoms with van der Waals surface area (Å²) >= 11 is 6.10. The number of amides is 1. The Bertz CT molecular complexity index is 1280. The predicted octanol–water partition coefficient (Wildman–Crippen LogP) is 4.46. The van der Waals surface area contributed by atoms with Gasteiger partial charge in [0.05, 0.1) is 9.82 Å². The molecule has 0 aliphatic carbocycles. The van der Waals surface area contributed by atoms with Crippen LogP contribution in [0.2, 0.25) is 5.02 Å². The van der Waals surface area contributed by atoms with Gasteiger partial charge in [-0.05, 0) is 54.1 Å². The number of hydrogen-bond donors (Lipinski definition) is 1. The minimum absolute atomic E-state index is 0.0237. The van der Waals surface area contributed by atoms with E-state index < -0.39 is 26.7 Å².